The van der Waals surface area contributed by atoms with Gasteiger partial charge in [-0.1, -0.05) is 36.4 Å². The molecule has 1 unspecified atom stereocenters. The van der Waals surface area contributed by atoms with Crippen LogP contribution in [0.3, 0.4) is 0 Å². The Morgan fingerprint density at radius 1 is 1.17 bits per heavy atom. The summed E-state index contributed by atoms with van der Waals surface area (Å²) in [4.78, 5) is 12.5. The first-order valence-corrected chi connectivity index (χ1v) is 8.15. The average molecular weight is 309 g/mol. The van der Waals surface area contributed by atoms with Gasteiger partial charge in [0.2, 0.25) is 5.91 Å². The third kappa shape index (κ3) is 3.92. The predicted octanol–water partition coefficient (Wildman–Crippen LogP) is 3.81. The summed E-state index contributed by atoms with van der Waals surface area (Å²) in [5.74, 6) is 1.49. The summed E-state index contributed by atoms with van der Waals surface area (Å²) in [6.07, 6.45) is 2.80. The molecule has 1 amide bonds. The molecule has 1 N–H and O–H groups in total. The molecule has 0 aliphatic heterocycles. The van der Waals surface area contributed by atoms with Crippen molar-refractivity contribution in [1.29, 1.82) is 0 Å². The van der Waals surface area contributed by atoms with E-state index in [-0.39, 0.29) is 11.9 Å². The predicted molar refractivity (Wildman–Crippen MR) is 91.5 cm³/mol. The normalized spacial score (nSPS) is 15.0. The highest BCUT2D eigenvalue weighted by molar-refractivity contribution is 5.79. The molecular weight excluding hydrogens is 286 g/mol. The molecule has 120 valence electrons. The molecule has 3 nitrogen and oxygen atoms in total. The van der Waals surface area contributed by atoms with E-state index in [4.69, 9.17) is 4.74 Å². The highest BCUT2D eigenvalue weighted by atomic mass is 16.5. The van der Waals surface area contributed by atoms with Crippen LogP contribution in [0.5, 0.6) is 5.75 Å². The smallest absolute Gasteiger partial charge is 0.224 e. The van der Waals surface area contributed by atoms with Gasteiger partial charge >= 0.3 is 0 Å². The maximum atomic E-state index is 12.5. The molecule has 0 aromatic heterocycles. The lowest BCUT2D eigenvalue weighted by atomic mass is 10.0. The number of rotatable bonds is 6. The SMILES string of the molecule is COc1ccc(C(NC(=O)Cc2ccccc2C)C2CC2)cc1. The first kappa shape index (κ1) is 15.6. The molecule has 0 radical (unpaired) electrons. The first-order valence-electron chi connectivity index (χ1n) is 8.15. The van der Waals surface area contributed by atoms with Crippen LogP contribution in [0.25, 0.3) is 0 Å². The van der Waals surface area contributed by atoms with Crippen LogP contribution in [0.1, 0.15) is 35.6 Å². The third-order valence-corrected chi connectivity index (χ3v) is 4.50. The molecule has 23 heavy (non-hydrogen) atoms. The van der Waals surface area contributed by atoms with E-state index in [2.05, 4.69) is 17.4 Å². The number of hydrogen-bond acceptors (Lipinski definition) is 2. The lowest BCUT2D eigenvalue weighted by Crippen LogP contribution is -2.31. The van der Waals surface area contributed by atoms with Gasteiger partial charge in [0.15, 0.2) is 0 Å². The standard InChI is InChI=1S/C20H23NO2/c1-14-5-3-4-6-17(14)13-19(22)21-20(15-7-8-15)16-9-11-18(23-2)12-10-16/h3-6,9-12,15,20H,7-8,13H2,1-2H3,(H,21,22). The fourth-order valence-corrected chi connectivity index (χ4v) is 2.92. The van der Waals surface area contributed by atoms with Crippen molar-refractivity contribution in [2.45, 2.75) is 32.2 Å². The number of carbonyl (C=O) groups is 1. The van der Waals surface area contributed by atoms with E-state index in [1.165, 1.54) is 12.8 Å². The summed E-state index contributed by atoms with van der Waals surface area (Å²) in [5, 5.41) is 3.23. The maximum Gasteiger partial charge on any atom is 0.224 e. The van der Waals surface area contributed by atoms with Crippen LogP contribution in [0.4, 0.5) is 0 Å². The van der Waals surface area contributed by atoms with E-state index in [0.717, 1.165) is 22.4 Å². The van der Waals surface area contributed by atoms with E-state index < -0.39 is 0 Å². The van der Waals surface area contributed by atoms with E-state index in [9.17, 15) is 4.79 Å². The van der Waals surface area contributed by atoms with Gasteiger partial charge in [-0.15, -0.1) is 0 Å². The van der Waals surface area contributed by atoms with Crippen molar-refractivity contribution in [3.05, 3.63) is 65.2 Å². The van der Waals surface area contributed by atoms with Crippen LogP contribution < -0.4 is 10.1 Å². The molecule has 3 heteroatoms. The number of benzene rings is 2. The molecule has 2 aromatic carbocycles. The number of amides is 1. The number of aryl methyl sites for hydroxylation is 1. The summed E-state index contributed by atoms with van der Waals surface area (Å²) in [7, 11) is 1.66. The monoisotopic (exact) mass is 309 g/mol. The number of methoxy groups -OCH3 is 1. The Balaban J connectivity index is 1.69. The summed E-state index contributed by atoms with van der Waals surface area (Å²) < 4.78 is 5.21. The van der Waals surface area contributed by atoms with Gasteiger partial charge in [0.05, 0.1) is 19.6 Å². The largest absolute Gasteiger partial charge is 0.497 e. The Labute approximate surface area is 137 Å². The third-order valence-electron chi connectivity index (χ3n) is 4.50. The average Bonchev–Trinajstić information content (AvgIpc) is 3.40. The van der Waals surface area contributed by atoms with Crippen LogP contribution in [0.15, 0.2) is 48.5 Å². The summed E-state index contributed by atoms with van der Waals surface area (Å²) in [6.45, 7) is 2.05. The molecule has 1 saturated carbocycles. The fourth-order valence-electron chi connectivity index (χ4n) is 2.92. The van der Waals surface area contributed by atoms with Gasteiger partial charge in [-0.05, 0) is 54.5 Å². The van der Waals surface area contributed by atoms with Crippen molar-refractivity contribution in [3.8, 4) is 5.75 Å². The van der Waals surface area contributed by atoms with Gasteiger partial charge in [-0.2, -0.15) is 0 Å². The zero-order valence-corrected chi connectivity index (χ0v) is 13.7. The summed E-state index contributed by atoms with van der Waals surface area (Å²) in [5.41, 5.74) is 3.41. The van der Waals surface area contributed by atoms with E-state index in [1.807, 2.05) is 43.3 Å². The molecule has 1 aliphatic rings. The maximum absolute atomic E-state index is 12.5. The minimum absolute atomic E-state index is 0.0898. The van der Waals surface area contributed by atoms with Gasteiger partial charge in [0.1, 0.15) is 5.75 Å². The number of ether oxygens (including phenoxy) is 1. The van der Waals surface area contributed by atoms with Crippen LogP contribution in [-0.4, -0.2) is 13.0 Å². The zero-order valence-electron chi connectivity index (χ0n) is 13.7. The minimum atomic E-state index is 0.0898. The molecule has 0 heterocycles. The van der Waals surface area contributed by atoms with Crippen LogP contribution in [-0.2, 0) is 11.2 Å². The highest BCUT2D eigenvalue weighted by Gasteiger charge is 2.33. The first-order chi connectivity index (χ1) is 11.2. The molecule has 1 atom stereocenters. The van der Waals surface area contributed by atoms with Gasteiger partial charge in [-0.3, -0.25) is 4.79 Å². The van der Waals surface area contributed by atoms with Crippen molar-refractivity contribution in [1.82, 2.24) is 5.32 Å². The Kier molecular flexibility index (Phi) is 4.65. The number of carbonyl (C=O) groups excluding carboxylic acids is 1. The Morgan fingerprint density at radius 3 is 2.48 bits per heavy atom. The Hall–Kier alpha value is -2.29. The van der Waals surface area contributed by atoms with Crippen LogP contribution >= 0.6 is 0 Å². The van der Waals surface area contributed by atoms with Crippen molar-refractivity contribution in [2.24, 2.45) is 5.92 Å². The summed E-state index contributed by atoms with van der Waals surface area (Å²) in [6, 6.07) is 16.2. The van der Waals surface area contributed by atoms with Gasteiger partial charge in [-0.25, -0.2) is 0 Å². The van der Waals surface area contributed by atoms with Gasteiger partial charge in [0, 0.05) is 0 Å². The second-order valence-electron chi connectivity index (χ2n) is 6.26. The molecule has 3 rings (SSSR count). The second kappa shape index (κ2) is 6.86. The topological polar surface area (TPSA) is 38.3 Å². The van der Waals surface area contributed by atoms with Gasteiger partial charge < -0.3 is 10.1 Å². The van der Waals surface area contributed by atoms with Crippen molar-refractivity contribution in [3.63, 3.8) is 0 Å². The molecule has 1 fully saturated rings. The molecule has 2 aromatic rings. The minimum Gasteiger partial charge on any atom is -0.497 e. The molecular formula is C20H23NO2. The van der Waals surface area contributed by atoms with Crippen molar-refractivity contribution < 1.29 is 9.53 Å². The number of hydrogen-bond donors (Lipinski definition) is 1. The molecule has 0 bridgehead atoms. The highest BCUT2D eigenvalue weighted by Crippen LogP contribution is 2.41. The zero-order chi connectivity index (χ0) is 16.2. The molecule has 0 spiro atoms. The molecule has 0 saturated heterocycles. The van der Waals surface area contributed by atoms with Gasteiger partial charge in [0.25, 0.3) is 0 Å². The lowest BCUT2D eigenvalue weighted by Gasteiger charge is -2.19. The molecule has 1 aliphatic carbocycles. The van der Waals surface area contributed by atoms with E-state index in [1.54, 1.807) is 7.11 Å². The fraction of sp³-hybridized carbons (Fsp3) is 0.350. The Morgan fingerprint density at radius 2 is 1.87 bits per heavy atom. The van der Waals surface area contributed by atoms with Crippen LogP contribution in [0, 0.1) is 12.8 Å². The summed E-state index contributed by atoms with van der Waals surface area (Å²) >= 11 is 0. The van der Waals surface area contributed by atoms with Crippen molar-refractivity contribution in [2.75, 3.05) is 7.11 Å². The van der Waals surface area contributed by atoms with Crippen molar-refractivity contribution >= 4 is 5.91 Å². The van der Waals surface area contributed by atoms with E-state index in [0.29, 0.717) is 12.3 Å². The number of nitrogens with one attached hydrogen (secondary N) is 1. The van der Waals surface area contributed by atoms with E-state index >= 15 is 0 Å². The second-order valence-corrected chi connectivity index (χ2v) is 6.26. The van der Waals surface area contributed by atoms with Crippen LogP contribution in [0.2, 0.25) is 0 Å². The quantitative estimate of drug-likeness (QED) is 0.881. The lowest BCUT2D eigenvalue weighted by molar-refractivity contribution is -0.121. The Bertz CT molecular complexity index is 674.